The van der Waals surface area contributed by atoms with Gasteiger partial charge in [-0.05, 0) is 6.42 Å². The van der Waals surface area contributed by atoms with Crippen molar-refractivity contribution in [2.75, 3.05) is 0 Å². The van der Waals surface area contributed by atoms with E-state index in [1.165, 1.54) is 0 Å². The minimum absolute atomic E-state index is 0. The van der Waals surface area contributed by atoms with Gasteiger partial charge in [0.2, 0.25) is 0 Å². The van der Waals surface area contributed by atoms with Gasteiger partial charge in [-0.2, -0.15) is 0 Å². The minimum atomic E-state index is -0.00410. The third-order valence-electron chi connectivity index (χ3n) is 1.82. The van der Waals surface area contributed by atoms with E-state index in [0.29, 0.717) is 6.42 Å². The Hall–Kier alpha value is 0.340. The first kappa shape index (κ1) is 15.8. The zero-order chi connectivity index (χ0) is 9.56. The van der Waals surface area contributed by atoms with Crippen LogP contribution >= 0.6 is 0 Å². The van der Waals surface area contributed by atoms with Gasteiger partial charge in [-0.15, -0.1) is 0 Å². The second kappa shape index (κ2) is 8.92. The monoisotopic (exact) mass is 194 g/mol. The van der Waals surface area contributed by atoms with Crippen LogP contribution in [0.2, 0.25) is 0 Å². The van der Waals surface area contributed by atoms with Crippen LogP contribution in [0.3, 0.4) is 0 Å². The van der Waals surface area contributed by atoms with Crippen LogP contribution in [0.4, 0.5) is 0 Å². The van der Waals surface area contributed by atoms with E-state index in [-0.39, 0.29) is 53.5 Å². The Morgan fingerprint density at radius 1 is 1.23 bits per heavy atom. The summed E-state index contributed by atoms with van der Waals surface area (Å²) < 4.78 is 0. The number of carbonyl (C=O) groups excluding carboxylic acids is 2. The normalized spacial score (nSPS) is 9.54. The topological polar surface area (TPSA) is 34.1 Å². The molecule has 0 N–H and O–H groups in total. The van der Waals surface area contributed by atoms with E-state index in [1.54, 1.807) is 0 Å². The van der Waals surface area contributed by atoms with Gasteiger partial charge in [-0.25, -0.2) is 0 Å². The zero-order valence-corrected chi connectivity index (χ0v) is 8.22. The van der Waals surface area contributed by atoms with Crippen molar-refractivity contribution in [2.45, 2.75) is 46.5 Å². The average molecular weight is 194 g/mol. The first-order valence-electron chi connectivity index (χ1n) is 4.62. The van der Waals surface area contributed by atoms with Crippen molar-refractivity contribution >= 4 is 41.1 Å². The van der Waals surface area contributed by atoms with Crippen molar-refractivity contribution < 1.29 is 9.59 Å². The SMILES string of the molecule is CCCCC(=O)CC(=O)C(C)C.[NaH]. The summed E-state index contributed by atoms with van der Waals surface area (Å²) in [6.45, 7) is 5.70. The number of ketones is 2. The van der Waals surface area contributed by atoms with E-state index in [4.69, 9.17) is 0 Å². The molecule has 0 saturated heterocycles. The first-order chi connectivity index (χ1) is 5.57. The number of unbranched alkanes of at least 4 members (excludes halogenated alkanes) is 1. The van der Waals surface area contributed by atoms with Gasteiger partial charge < -0.3 is 0 Å². The molecule has 2 nitrogen and oxygen atoms in total. The van der Waals surface area contributed by atoms with E-state index < -0.39 is 0 Å². The first-order valence-corrected chi connectivity index (χ1v) is 4.62. The van der Waals surface area contributed by atoms with Gasteiger partial charge in [0.1, 0.15) is 11.6 Å². The van der Waals surface area contributed by atoms with Gasteiger partial charge in [0.05, 0.1) is 6.42 Å². The number of rotatable bonds is 6. The maximum absolute atomic E-state index is 11.1. The van der Waals surface area contributed by atoms with Crippen molar-refractivity contribution in [3.8, 4) is 0 Å². The van der Waals surface area contributed by atoms with E-state index in [1.807, 2.05) is 20.8 Å². The molecule has 0 radical (unpaired) electrons. The summed E-state index contributed by atoms with van der Waals surface area (Å²) in [5.74, 6) is 0.155. The summed E-state index contributed by atoms with van der Waals surface area (Å²) >= 11 is 0. The van der Waals surface area contributed by atoms with E-state index >= 15 is 0 Å². The Kier molecular flexibility index (Phi) is 10.8. The van der Waals surface area contributed by atoms with Crippen LogP contribution < -0.4 is 0 Å². The van der Waals surface area contributed by atoms with Gasteiger partial charge in [-0.3, -0.25) is 9.59 Å². The van der Waals surface area contributed by atoms with Gasteiger partial charge in [0.25, 0.3) is 0 Å². The van der Waals surface area contributed by atoms with Crippen molar-refractivity contribution in [3.63, 3.8) is 0 Å². The molecule has 0 aliphatic rings. The molecular weight excluding hydrogens is 175 g/mol. The predicted molar refractivity (Wildman–Crippen MR) is 56.1 cm³/mol. The summed E-state index contributed by atoms with van der Waals surface area (Å²) in [5, 5.41) is 0. The van der Waals surface area contributed by atoms with Gasteiger partial charge in [0, 0.05) is 12.3 Å². The molecule has 0 spiro atoms. The Bertz CT molecular complexity index is 164. The Balaban J connectivity index is 0. The van der Waals surface area contributed by atoms with Crippen molar-refractivity contribution in [3.05, 3.63) is 0 Å². The third-order valence-corrected chi connectivity index (χ3v) is 1.82. The molecular formula is C10H19NaO2. The predicted octanol–water partition coefficient (Wildman–Crippen LogP) is 1.71. The molecule has 0 heterocycles. The molecule has 3 heteroatoms. The molecule has 0 aromatic carbocycles. The maximum atomic E-state index is 11.1. The van der Waals surface area contributed by atoms with Crippen LogP contribution in [0.1, 0.15) is 46.5 Å². The summed E-state index contributed by atoms with van der Waals surface area (Å²) in [6.07, 6.45) is 2.62. The van der Waals surface area contributed by atoms with Crippen molar-refractivity contribution in [1.82, 2.24) is 0 Å². The van der Waals surface area contributed by atoms with Gasteiger partial charge in [-0.1, -0.05) is 27.2 Å². The molecule has 0 unspecified atom stereocenters. The van der Waals surface area contributed by atoms with E-state index in [0.717, 1.165) is 12.8 Å². The second-order valence-electron chi connectivity index (χ2n) is 3.44. The molecule has 0 saturated carbocycles. The zero-order valence-electron chi connectivity index (χ0n) is 8.22. The average Bonchev–Trinajstić information content (AvgIpc) is 2.00. The van der Waals surface area contributed by atoms with Crippen LogP contribution in [0.5, 0.6) is 0 Å². The number of Topliss-reactive ketones (excluding diaryl/α,β-unsaturated/α-hetero) is 2. The fourth-order valence-corrected chi connectivity index (χ4v) is 0.861. The molecule has 0 atom stereocenters. The number of hydrogen-bond acceptors (Lipinski definition) is 2. The third kappa shape index (κ3) is 8.66. The summed E-state index contributed by atoms with van der Waals surface area (Å²) in [4.78, 5) is 22.2. The molecule has 0 bridgehead atoms. The number of hydrogen-bond donors (Lipinski definition) is 0. The standard InChI is InChI=1S/C10H18O2.Na.H/c1-4-5-6-9(11)7-10(12)8(2)3;;/h8H,4-7H2,1-3H3;;. The Morgan fingerprint density at radius 2 is 1.77 bits per heavy atom. The molecule has 0 aromatic rings. The molecule has 72 valence electrons. The summed E-state index contributed by atoms with van der Waals surface area (Å²) in [7, 11) is 0. The quantitative estimate of drug-likeness (QED) is 0.476. The van der Waals surface area contributed by atoms with Gasteiger partial charge >= 0.3 is 29.6 Å². The fourth-order valence-electron chi connectivity index (χ4n) is 0.861. The molecule has 0 aliphatic heterocycles. The van der Waals surface area contributed by atoms with Crippen LogP contribution in [0.25, 0.3) is 0 Å². The number of carbonyl (C=O) groups is 2. The molecule has 0 aliphatic carbocycles. The molecule has 13 heavy (non-hydrogen) atoms. The molecule has 0 aromatic heterocycles. The summed E-state index contributed by atoms with van der Waals surface area (Å²) in [5.41, 5.74) is 0. The van der Waals surface area contributed by atoms with Gasteiger partial charge in [0.15, 0.2) is 0 Å². The van der Waals surface area contributed by atoms with Crippen LogP contribution in [-0.4, -0.2) is 41.1 Å². The Morgan fingerprint density at radius 3 is 2.15 bits per heavy atom. The molecule has 0 amide bonds. The van der Waals surface area contributed by atoms with E-state index in [2.05, 4.69) is 0 Å². The summed E-state index contributed by atoms with van der Waals surface area (Å²) in [6, 6.07) is 0. The van der Waals surface area contributed by atoms with Crippen LogP contribution in [-0.2, 0) is 9.59 Å². The van der Waals surface area contributed by atoms with E-state index in [9.17, 15) is 9.59 Å². The second-order valence-corrected chi connectivity index (χ2v) is 3.44. The Labute approximate surface area is 103 Å². The molecule has 0 rings (SSSR count). The van der Waals surface area contributed by atoms with Crippen LogP contribution in [0, 0.1) is 5.92 Å². The molecule has 0 fully saturated rings. The van der Waals surface area contributed by atoms with Crippen LogP contribution in [0.15, 0.2) is 0 Å². The fraction of sp³-hybridized carbons (Fsp3) is 0.800. The van der Waals surface area contributed by atoms with Crippen molar-refractivity contribution in [1.29, 1.82) is 0 Å². The van der Waals surface area contributed by atoms with Crippen molar-refractivity contribution in [2.24, 2.45) is 5.92 Å².